The number of nitrogens with zero attached hydrogens (tertiary/aromatic N) is 3. The van der Waals surface area contributed by atoms with E-state index in [1.807, 2.05) is 38.4 Å². The van der Waals surface area contributed by atoms with Gasteiger partial charge in [0, 0.05) is 62.1 Å². The highest BCUT2D eigenvalue weighted by molar-refractivity contribution is 6.30. The van der Waals surface area contributed by atoms with Crippen molar-refractivity contribution in [1.82, 2.24) is 15.1 Å². The molecule has 5 nitrogen and oxygen atoms in total. The Hall–Kier alpha value is -2.08. The first-order valence-corrected chi connectivity index (χ1v) is 10.1. The Morgan fingerprint density at radius 3 is 2.25 bits per heavy atom. The van der Waals surface area contributed by atoms with Gasteiger partial charge in [0.25, 0.3) is 5.91 Å². The van der Waals surface area contributed by atoms with Crippen LogP contribution in [0.3, 0.4) is 0 Å². The molecule has 2 aromatic rings. The number of nitrogens with one attached hydrogen (secondary N) is 1. The van der Waals surface area contributed by atoms with E-state index in [-0.39, 0.29) is 5.91 Å². The highest BCUT2D eigenvalue weighted by Crippen LogP contribution is 2.20. The Labute approximate surface area is 172 Å². The number of halogens is 1. The van der Waals surface area contributed by atoms with Gasteiger partial charge in [-0.25, -0.2) is 0 Å². The molecule has 1 fully saturated rings. The summed E-state index contributed by atoms with van der Waals surface area (Å²) in [6.07, 6.45) is 0. The van der Waals surface area contributed by atoms with Gasteiger partial charge in [0.2, 0.25) is 0 Å². The lowest BCUT2D eigenvalue weighted by atomic mass is 10.1. The van der Waals surface area contributed by atoms with Gasteiger partial charge >= 0.3 is 0 Å². The van der Waals surface area contributed by atoms with Crippen LogP contribution in [0.5, 0.6) is 0 Å². The Morgan fingerprint density at radius 2 is 1.64 bits per heavy atom. The average Bonchev–Trinajstić information content (AvgIpc) is 2.69. The molecule has 1 saturated heterocycles. The number of hydrogen-bond donors (Lipinski definition) is 1. The predicted molar refractivity (Wildman–Crippen MR) is 116 cm³/mol. The lowest BCUT2D eigenvalue weighted by Gasteiger charge is -2.36. The standard InChI is InChI=1S/C22H29ClN4O/c1-25(2)12-11-24-22(28)19-5-3-18(4-6-19)17-26-13-15-27(16-14-26)21-9-7-20(23)8-10-21/h3-10H,11-17H2,1-2H3,(H,24,28). The van der Waals surface area contributed by atoms with Gasteiger partial charge in [0.15, 0.2) is 0 Å². The number of amides is 1. The maximum absolute atomic E-state index is 12.2. The highest BCUT2D eigenvalue weighted by atomic mass is 35.5. The van der Waals surface area contributed by atoms with Crippen molar-refractivity contribution in [2.45, 2.75) is 6.54 Å². The van der Waals surface area contributed by atoms with E-state index in [0.29, 0.717) is 6.54 Å². The van der Waals surface area contributed by atoms with Crippen molar-refractivity contribution in [1.29, 1.82) is 0 Å². The first-order chi connectivity index (χ1) is 13.5. The van der Waals surface area contributed by atoms with Gasteiger partial charge in [-0.3, -0.25) is 9.69 Å². The second-order valence-corrected chi connectivity index (χ2v) is 7.93. The third-order valence-corrected chi connectivity index (χ3v) is 5.28. The predicted octanol–water partition coefficient (Wildman–Crippen LogP) is 2.95. The van der Waals surface area contributed by atoms with Crippen LogP contribution >= 0.6 is 11.6 Å². The molecule has 0 atom stereocenters. The molecular weight excluding hydrogens is 372 g/mol. The quantitative estimate of drug-likeness (QED) is 0.775. The van der Waals surface area contributed by atoms with Crippen LogP contribution in [0.15, 0.2) is 48.5 Å². The lowest BCUT2D eigenvalue weighted by Crippen LogP contribution is -2.45. The minimum absolute atomic E-state index is 0.00928. The number of carbonyl (C=O) groups is 1. The zero-order chi connectivity index (χ0) is 19.9. The van der Waals surface area contributed by atoms with Gasteiger partial charge in [-0.15, -0.1) is 0 Å². The second-order valence-electron chi connectivity index (χ2n) is 7.50. The molecule has 1 N–H and O–H groups in total. The number of carbonyl (C=O) groups excluding carboxylic acids is 1. The molecule has 1 heterocycles. The van der Waals surface area contributed by atoms with Gasteiger partial charge in [-0.1, -0.05) is 23.7 Å². The van der Waals surface area contributed by atoms with E-state index >= 15 is 0 Å². The molecule has 2 aromatic carbocycles. The molecule has 0 saturated carbocycles. The maximum Gasteiger partial charge on any atom is 0.251 e. The minimum atomic E-state index is -0.00928. The van der Waals surface area contributed by atoms with Crippen molar-refractivity contribution in [3.63, 3.8) is 0 Å². The Bertz CT molecular complexity index is 753. The summed E-state index contributed by atoms with van der Waals surface area (Å²) in [5.41, 5.74) is 3.19. The third-order valence-electron chi connectivity index (χ3n) is 5.03. The SMILES string of the molecule is CN(C)CCNC(=O)c1ccc(CN2CCN(c3ccc(Cl)cc3)CC2)cc1. The Morgan fingerprint density at radius 1 is 1.00 bits per heavy atom. The van der Waals surface area contributed by atoms with Crippen molar-refractivity contribution >= 4 is 23.2 Å². The number of likely N-dealkylation sites (N-methyl/N-ethyl adjacent to an activating group) is 1. The van der Waals surface area contributed by atoms with E-state index < -0.39 is 0 Å². The van der Waals surface area contributed by atoms with Crippen molar-refractivity contribution in [2.24, 2.45) is 0 Å². The summed E-state index contributed by atoms with van der Waals surface area (Å²) >= 11 is 5.98. The first-order valence-electron chi connectivity index (χ1n) is 9.76. The summed E-state index contributed by atoms with van der Waals surface area (Å²) in [4.78, 5) is 19.1. The largest absolute Gasteiger partial charge is 0.369 e. The molecule has 0 radical (unpaired) electrons. The summed E-state index contributed by atoms with van der Waals surface area (Å²) < 4.78 is 0. The van der Waals surface area contributed by atoms with E-state index in [1.54, 1.807) is 0 Å². The molecule has 0 spiro atoms. The maximum atomic E-state index is 12.2. The molecule has 1 aliphatic rings. The van der Waals surface area contributed by atoms with Crippen molar-refractivity contribution in [2.75, 3.05) is 58.3 Å². The van der Waals surface area contributed by atoms with Gasteiger partial charge < -0.3 is 15.1 Å². The molecule has 3 rings (SSSR count). The fourth-order valence-electron chi connectivity index (χ4n) is 3.33. The Balaban J connectivity index is 1.46. The van der Waals surface area contributed by atoms with Gasteiger partial charge in [-0.2, -0.15) is 0 Å². The minimum Gasteiger partial charge on any atom is -0.369 e. The van der Waals surface area contributed by atoms with Crippen LogP contribution in [0, 0.1) is 0 Å². The zero-order valence-corrected chi connectivity index (χ0v) is 17.5. The van der Waals surface area contributed by atoms with E-state index in [1.165, 1.54) is 11.3 Å². The molecule has 6 heteroatoms. The number of benzene rings is 2. The van der Waals surface area contributed by atoms with Crippen molar-refractivity contribution in [3.8, 4) is 0 Å². The lowest BCUT2D eigenvalue weighted by molar-refractivity contribution is 0.0951. The van der Waals surface area contributed by atoms with Crippen LogP contribution in [0.4, 0.5) is 5.69 Å². The Kier molecular flexibility index (Phi) is 7.31. The number of anilines is 1. The van der Waals surface area contributed by atoms with E-state index in [9.17, 15) is 4.79 Å². The molecule has 1 amide bonds. The fourth-order valence-corrected chi connectivity index (χ4v) is 3.46. The van der Waals surface area contributed by atoms with Crippen LogP contribution in [-0.4, -0.2) is 69.1 Å². The topological polar surface area (TPSA) is 38.8 Å². The summed E-state index contributed by atoms with van der Waals surface area (Å²) in [7, 11) is 3.99. The monoisotopic (exact) mass is 400 g/mol. The van der Waals surface area contributed by atoms with Crippen molar-refractivity contribution in [3.05, 3.63) is 64.7 Å². The smallest absolute Gasteiger partial charge is 0.251 e. The van der Waals surface area contributed by atoms with Gasteiger partial charge in [0.05, 0.1) is 0 Å². The van der Waals surface area contributed by atoms with Crippen LogP contribution in [0.25, 0.3) is 0 Å². The van der Waals surface area contributed by atoms with E-state index in [4.69, 9.17) is 11.6 Å². The second kappa shape index (κ2) is 9.92. The zero-order valence-electron chi connectivity index (χ0n) is 16.7. The summed E-state index contributed by atoms with van der Waals surface area (Å²) in [6, 6.07) is 16.0. The first kappa shape index (κ1) is 20.6. The summed E-state index contributed by atoms with van der Waals surface area (Å²) in [5, 5.41) is 3.73. The molecule has 0 bridgehead atoms. The van der Waals surface area contributed by atoms with E-state index in [2.05, 4.69) is 44.3 Å². The van der Waals surface area contributed by atoms with Crippen LogP contribution in [-0.2, 0) is 6.54 Å². The highest BCUT2D eigenvalue weighted by Gasteiger charge is 2.17. The molecule has 0 unspecified atom stereocenters. The molecule has 1 aliphatic heterocycles. The normalized spacial score (nSPS) is 15.1. The number of rotatable bonds is 7. The summed E-state index contributed by atoms with van der Waals surface area (Å²) in [5.74, 6) is -0.00928. The molecule has 150 valence electrons. The van der Waals surface area contributed by atoms with Crippen LogP contribution < -0.4 is 10.2 Å². The van der Waals surface area contributed by atoms with Crippen LogP contribution in [0.2, 0.25) is 5.02 Å². The van der Waals surface area contributed by atoms with Gasteiger partial charge in [0.1, 0.15) is 0 Å². The molecule has 28 heavy (non-hydrogen) atoms. The molecule has 0 aliphatic carbocycles. The third kappa shape index (κ3) is 5.96. The number of hydrogen-bond acceptors (Lipinski definition) is 4. The average molecular weight is 401 g/mol. The van der Waals surface area contributed by atoms with Crippen molar-refractivity contribution < 1.29 is 4.79 Å². The van der Waals surface area contributed by atoms with Gasteiger partial charge in [-0.05, 0) is 56.1 Å². The fraction of sp³-hybridized carbons (Fsp3) is 0.409. The van der Waals surface area contributed by atoms with Crippen LogP contribution in [0.1, 0.15) is 15.9 Å². The molecule has 0 aromatic heterocycles. The number of piperazine rings is 1. The van der Waals surface area contributed by atoms with E-state index in [0.717, 1.165) is 49.9 Å². The molecular formula is C22H29ClN4O. The summed E-state index contributed by atoms with van der Waals surface area (Å²) in [6.45, 7) is 6.47.